The van der Waals surface area contributed by atoms with Crippen LogP contribution in [0, 0.1) is 10.1 Å². The number of nitro groups is 1. The highest BCUT2D eigenvalue weighted by Gasteiger charge is 2.35. The van der Waals surface area contributed by atoms with Gasteiger partial charge in [0, 0.05) is 29.7 Å². The summed E-state index contributed by atoms with van der Waals surface area (Å²) in [6.07, 6.45) is 1.94. The Morgan fingerprint density at radius 3 is 2.61 bits per heavy atom. The Morgan fingerprint density at radius 2 is 1.94 bits per heavy atom. The predicted molar refractivity (Wildman–Crippen MR) is 116 cm³/mol. The van der Waals surface area contributed by atoms with E-state index in [1.165, 1.54) is 23.9 Å². The van der Waals surface area contributed by atoms with Gasteiger partial charge in [-0.1, -0.05) is 36.9 Å². The number of carbonyl (C=O) groups excluding carboxylic acids is 1. The van der Waals surface area contributed by atoms with Crippen LogP contribution in [0.1, 0.15) is 31.6 Å². The molecule has 1 aliphatic heterocycles. The first-order chi connectivity index (χ1) is 15.0. The van der Waals surface area contributed by atoms with E-state index >= 15 is 0 Å². The van der Waals surface area contributed by atoms with Gasteiger partial charge in [-0.3, -0.25) is 19.8 Å². The molecule has 31 heavy (non-hydrogen) atoms. The fourth-order valence-electron chi connectivity index (χ4n) is 3.38. The van der Waals surface area contributed by atoms with Gasteiger partial charge in [0.05, 0.1) is 10.6 Å². The maximum Gasteiger partial charge on any atom is 0.269 e. The highest BCUT2D eigenvalue weighted by Crippen LogP contribution is 2.43. The first-order valence-electron chi connectivity index (χ1n) is 9.64. The molecule has 0 unspecified atom stereocenters. The number of ether oxygens (including phenoxy) is 1. The molecule has 0 fully saturated rings. The van der Waals surface area contributed by atoms with Crippen molar-refractivity contribution in [1.29, 1.82) is 0 Å². The van der Waals surface area contributed by atoms with Crippen molar-refractivity contribution < 1.29 is 14.5 Å². The Labute approximate surface area is 182 Å². The first kappa shape index (κ1) is 20.7. The van der Waals surface area contributed by atoms with Crippen molar-refractivity contribution >= 4 is 29.0 Å². The monoisotopic (exact) mass is 437 g/mol. The Hall–Kier alpha value is -3.53. The van der Waals surface area contributed by atoms with Gasteiger partial charge < -0.3 is 4.74 Å². The van der Waals surface area contributed by atoms with Crippen molar-refractivity contribution in [2.45, 2.75) is 31.1 Å². The fraction of sp³-hybridized carbons (Fsp3) is 0.238. The Kier molecular flexibility index (Phi) is 5.81. The quantitative estimate of drug-likeness (QED) is 0.328. The molecule has 158 valence electrons. The number of aromatic nitrogens is 3. The fourth-order valence-corrected chi connectivity index (χ4v) is 3.68. The summed E-state index contributed by atoms with van der Waals surface area (Å²) in [4.78, 5) is 29.9. The number of para-hydroxylation sites is 1. The van der Waals surface area contributed by atoms with E-state index in [4.69, 9.17) is 4.74 Å². The van der Waals surface area contributed by atoms with Gasteiger partial charge in [0.15, 0.2) is 5.69 Å². The average molecular weight is 437 g/mol. The van der Waals surface area contributed by atoms with Gasteiger partial charge >= 0.3 is 0 Å². The zero-order valence-corrected chi connectivity index (χ0v) is 17.7. The van der Waals surface area contributed by atoms with E-state index in [0.717, 1.165) is 0 Å². The summed E-state index contributed by atoms with van der Waals surface area (Å²) in [5.74, 6) is 0.117. The molecule has 0 aliphatic carbocycles. The van der Waals surface area contributed by atoms with Crippen LogP contribution >= 0.6 is 11.8 Å². The van der Waals surface area contributed by atoms with Gasteiger partial charge in [-0.25, -0.2) is 0 Å². The van der Waals surface area contributed by atoms with E-state index in [0.29, 0.717) is 40.5 Å². The number of benzene rings is 2. The topological polar surface area (TPSA) is 111 Å². The normalized spacial score (nSPS) is 14.8. The third-order valence-electron chi connectivity index (χ3n) is 4.82. The van der Waals surface area contributed by atoms with E-state index in [1.54, 1.807) is 17.0 Å². The van der Waals surface area contributed by atoms with Gasteiger partial charge in [-0.2, -0.15) is 4.98 Å². The van der Waals surface area contributed by atoms with E-state index in [9.17, 15) is 14.9 Å². The molecule has 0 spiro atoms. The number of hydrogen-bond acceptors (Lipinski definition) is 8. The SMILES string of the molecule is CCCC(=O)N1c2ccccc2-c2nnc(SC)nc2O[C@@H]1c1ccc([N+](=O)[O-])cc1. The molecule has 10 heteroatoms. The third kappa shape index (κ3) is 3.93. The predicted octanol–water partition coefficient (Wildman–Crippen LogP) is 4.39. The minimum atomic E-state index is -0.867. The Morgan fingerprint density at radius 1 is 1.19 bits per heavy atom. The van der Waals surface area contributed by atoms with Crippen LogP contribution in [0.15, 0.2) is 53.7 Å². The molecule has 1 amide bonds. The molecule has 1 atom stereocenters. The number of anilines is 1. The van der Waals surface area contributed by atoms with Crippen molar-refractivity contribution in [1.82, 2.24) is 15.2 Å². The molecule has 1 aromatic heterocycles. The summed E-state index contributed by atoms with van der Waals surface area (Å²) >= 11 is 1.33. The number of carbonyl (C=O) groups is 1. The largest absolute Gasteiger partial charge is 0.447 e. The summed E-state index contributed by atoms with van der Waals surface area (Å²) in [5.41, 5.74) is 2.28. The molecular formula is C21H19N5O4S. The standard InChI is InChI=1S/C21H19N5O4S/c1-3-6-17(27)25-16-8-5-4-7-15(16)18-19(22-21(31-2)24-23-18)30-20(25)13-9-11-14(12-10-13)26(28)29/h4-5,7-12,20H,3,6H2,1-2H3/t20-/m1/s1. The van der Waals surface area contributed by atoms with Crippen molar-refractivity contribution in [2.75, 3.05) is 11.2 Å². The number of rotatable bonds is 5. The van der Waals surface area contributed by atoms with Crippen molar-refractivity contribution in [2.24, 2.45) is 0 Å². The van der Waals surface area contributed by atoms with Crippen LogP contribution in [0.5, 0.6) is 5.88 Å². The second-order valence-electron chi connectivity index (χ2n) is 6.80. The number of hydrogen-bond donors (Lipinski definition) is 0. The molecule has 2 aromatic carbocycles. The lowest BCUT2D eigenvalue weighted by atomic mass is 10.1. The van der Waals surface area contributed by atoms with Crippen LogP contribution in [0.2, 0.25) is 0 Å². The maximum absolute atomic E-state index is 13.2. The van der Waals surface area contributed by atoms with E-state index in [-0.39, 0.29) is 17.5 Å². The van der Waals surface area contributed by atoms with E-state index in [1.807, 2.05) is 37.4 Å². The molecule has 0 saturated carbocycles. The summed E-state index contributed by atoms with van der Waals surface area (Å²) in [6, 6.07) is 13.3. The second-order valence-corrected chi connectivity index (χ2v) is 7.58. The molecule has 4 rings (SSSR count). The number of nitro benzene ring substituents is 1. The average Bonchev–Trinajstić information content (AvgIpc) is 2.93. The highest BCUT2D eigenvalue weighted by molar-refractivity contribution is 7.98. The molecular weight excluding hydrogens is 418 g/mol. The zero-order valence-electron chi connectivity index (χ0n) is 16.9. The molecule has 0 radical (unpaired) electrons. The number of amides is 1. The molecule has 1 aliphatic rings. The number of thioether (sulfide) groups is 1. The Bertz CT molecular complexity index is 1140. The molecule has 0 N–H and O–H groups in total. The van der Waals surface area contributed by atoms with Crippen LogP contribution in [0.25, 0.3) is 11.3 Å². The number of fused-ring (bicyclic) bond motifs is 3. The third-order valence-corrected chi connectivity index (χ3v) is 5.35. The molecule has 9 nitrogen and oxygen atoms in total. The van der Waals surface area contributed by atoms with Gasteiger partial charge in [-0.05, 0) is 30.9 Å². The van der Waals surface area contributed by atoms with Crippen molar-refractivity contribution in [3.8, 4) is 17.1 Å². The lowest BCUT2D eigenvalue weighted by Gasteiger charge is -2.30. The van der Waals surface area contributed by atoms with Gasteiger partial charge in [0.25, 0.3) is 5.69 Å². The lowest BCUT2D eigenvalue weighted by Crippen LogP contribution is -2.37. The minimum absolute atomic E-state index is 0.0433. The Balaban J connectivity index is 1.92. The lowest BCUT2D eigenvalue weighted by molar-refractivity contribution is -0.384. The number of non-ortho nitro benzene ring substituents is 1. The molecule has 0 bridgehead atoms. The van der Waals surface area contributed by atoms with Crippen molar-refractivity contribution in [3.63, 3.8) is 0 Å². The smallest absolute Gasteiger partial charge is 0.269 e. The van der Waals surface area contributed by atoms with E-state index < -0.39 is 11.2 Å². The van der Waals surface area contributed by atoms with Crippen LogP contribution in [0.3, 0.4) is 0 Å². The minimum Gasteiger partial charge on any atom is -0.447 e. The van der Waals surface area contributed by atoms with E-state index in [2.05, 4.69) is 15.2 Å². The zero-order chi connectivity index (χ0) is 22.0. The summed E-state index contributed by atoms with van der Waals surface area (Å²) in [7, 11) is 0. The van der Waals surface area contributed by atoms with Gasteiger partial charge in [-0.15, -0.1) is 10.2 Å². The second kappa shape index (κ2) is 8.68. The molecule has 0 saturated heterocycles. The number of nitrogens with zero attached hydrogens (tertiary/aromatic N) is 5. The van der Waals surface area contributed by atoms with Crippen molar-refractivity contribution in [3.05, 3.63) is 64.2 Å². The summed E-state index contributed by atoms with van der Waals surface area (Å²) in [6.45, 7) is 1.93. The highest BCUT2D eigenvalue weighted by atomic mass is 32.2. The molecule has 2 heterocycles. The van der Waals surface area contributed by atoms with Crippen LogP contribution in [-0.4, -0.2) is 32.3 Å². The maximum atomic E-state index is 13.2. The van der Waals surface area contributed by atoms with Gasteiger partial charge in [0.2, 0.25) is 23.2 Å². The van der Waals surface area contributed by atoms with Gasteiger partial charge in [0.1, 0.15) is 0 Å². The van der Waals surface area contributed by atoms with Crippen LogP contribution in [0.4, 0.5) is 11.4 Å². The van der Waals surface area contributed by atoms with Crippen LogP contribution < -0.4 is 9.64 Å². The summed E-state index contributed by atoms with van der Waals surface area (Å²) < 4.78 is 6.26. The molecule has 3 aromatic rings. The summed E-state index contributed by atoms with van der Waals surface area (Å²) in [5, 5.41) is 20.0. The first-order valence-corrected chi connectivity index (χ1v) is 10.9. The van der Waals surface area contributed by atoms with Crippen LogP contribution in [-0.2, 0) is 4.79 Å².